The van der Waals surface area contributed by atoms with E-state index in [0.29, 0.717) is 5.56 Å². The molecule has 96 valence electrons. The van der Waals surface area contributed by atoms with Gasteiger partial charge in [-0.05, 0) is 29.7 Å². The first-order valence-corrected chi connectivity index (χ1v) is 6.46. The summed E-state index contributed by atoms with van der Waals surface area (Å²) in [4.78, 5) is 12.5. The van der Waals surface area contributed by atoms with Gasteiger partial charge in [0, 0.05) is 33.9 Å². The molecule has 0 fully saturated rings. The summed E-state index contributed by atoms with van der Waals surface area (Å²) in [7, 11) is 1.88. The van der Waals surface area contributed by atoms with Crippen LogP contribution in [0.4, 0.5) is 0 Å². The zero-order chi connectivity index (χ0) is 13.4. The highest BCUT2D eigenvalue weighted by molar-refractivity contribution is 7.22. The van der Waals surface area contributed by atoms with Gasteiger partial charge in [-0.15, -0.1) is 11.3 Å². The molecule has 2 aromatic heterocycles. The summed E-state index contributed by atoms with van der Waals surface area (Å²) in [6.07, 6.45) is 3.76. The maximum Gasteiger partial charge on any atom is 0.274 e. The number of aromatic nitrogens is 2. The van der Waals surface area contributed by atoms with Gasteiger partial charge in [-0.3, -0.25) is 14.7 Å². The highest BCUT2D eigenvalue weighted by atomic mass is 32.1. The van der Waals surface area contributed by atoms with Crippen LogP contribution in [0.15, 0.2) is 36.7 Å². The zero-order valence-corrected chi connectivity index (χ0v) is 10.9. The van der Waals surface area contributed by atoms with Crippen LogP contribution in [0.3, 0.4) is 0 Å². The summed E-state index contributed by atoms with van der Waals surface area (Å²) >= 11 is 1.64. The third kappa shape index (κ3) is 2.11. The number of nitrogens with zero attached hydrogens (tertiary/aromatic N) is 2. The molecule has 0 saturated carbocycles. The molecule has 3 aromatic rings. The van der Waals surface area contributed by atoms with E-state index in [9.17, 15) is 4.79 Å². The van der Waals surface area contributed by atoms with Crippen molar-refractivity contribution < 1.29 is 10.0 Å². The van der Waals surface area contributed by atoms with Crippen molar-refractivity contribution in [2.45, 2.75) is 0 Å². The molecule has 0 atom stereocenters. The lowest BCUT2D eigenvalue weighted by atomic mass is 10.1. The Hall–Kier alpha value is -2.18. The van der Waals surface area contributed by atoms with Gasteiger partial charge in [0.15, 0.2) is 0 Å². The summed E-state index contributed by atoms with van der Waals surface area (Å²) in [6, 6.07) is 7.35. The van der Waals surface area contributed by atoms with Crippen LogP contribution in [0.25, 0.3) is 20.5 Å². The fourth-order valence-electron chi connectivity index (χ4n) is 1.94. The third-order valence-corrected chi connectivity index (χ3v) is 4.03. The van der Waals surface area contributed by atoms with Gasteiger partial charge in [0.05, 0.1) is 6.20 Å². The first-order valence-electron chi connectivity index (χ1n) is 5.64. The van der Waals surface area contributed by atoms with E-state index < -0.39 is 5.91 Å². The Bertz CT molecular complexity index is 760. The van der Waals surface area contributed by atoms with Gasteiger partial charge in [-0.1, -0.05) is 0 Å². The number of thiophene rings is 1. The smallest absolute Gasteiger partial charge is 0.274 e. The van der Waals surface area contributed by atoms with Crippen LogP contribution in [0, 0.1) is 0 Å². The van der Waals surface area contributed by atoms with Gasteiger partial charge in [-0.25, -0.2) is 5.48 Å². The lowest BCUT2D eigenvalue weighted by molar-refractivity contribution is 0.0706. The van der Waals surface area contributed by atoms with E-state index in [2.05, 4.69) is 5.10 Å². The molecular formula is C13H11N3O2S. The Morgan fingerprint density at radius 2 is 2.26 bits per heavy atom. The van der Waals surface area contributed by atoms with Crippen molar-refractivity contribution in [2.24, 2.45) is 7.05 Å². The number of aryl methyl sites for hydroxylation is 1. The van der Waals surface area contributed by atoms with E-state index in [-0.39, 0.29) is 0 Å². The molecule has 0 saturated heterocycles. The average molecular weight is 273 g/mol. The van der Waals surface area contributed by atoms with E-state index >= 15 is 0 Å². The molecule has 0 aliphatic carbocycles. The van der Waals surface area contributed by atoms with Crippen molar-refractivity contribution in [3.8, 4) is 10.4 Å². The molecule has 2 N–H and O–H groups in total. The van der Waals surface area contributed by atoms with Crippen LogP contribution in [-0.4, -0.2) is 20.9 Å². The Kier molecular flexibility index (Phi) is 2.81. The van der Waals surface area contributed by atoms with Crippen LogP contribution in [0.5, 0.6) is 0 Å². The number of fused-ring (bicyclic) bond motifs is 1. The molecule has 0 bridgehead atoms. The molecular weight excluding hydrogens is 262 g/mol. The minimum Gasteiger partial charge on any atom is -0.288 e. The monoisotopic (exact) mass is 273 g/mol. The van der Waals surface area contributed by atoms with Crippen molar-refractivity contribution in [1.29, 1.82) is 0 Å². The van der Waals surface area contributed by atoms with E-state index in [4.69, 9.17) is 5.21 Å². The molecule has 5 nitrogen and oxygen atoms in total. The molecule has 0 unspecified atom stereocenters. The molecule has 2 heterocycles. The fourth-order valence-corrected chi connectivity index (χ4v) is 2.96. The van der Waals surface area contributed by atoms with Gasteiger partial charge in [0.1, 0.15) is 0 Å². The van der Waals surface area contributed by atoms with Crippen LogP contribution >= 0.6 is 11.3 Å². The minimum absolute atomic E-state index is 0.436. The Morgan fingerprint density at radius 3 is 2.95 bits per heavy atom. The molecule has 1 amide bonds. The van der Waals surface area contributed by atoms with Crippen LogP contribution in [-0.2, 0) is 7.05 Å². The van der Waals surface area contributed by atoms with Crippen molar-refractivity contribution >= 4 is 27.3 Å². The number of hydrogen-bond donors (Lipinski definition) is 2. The first-order chi connectivity index (χ1) is 9.17. The van der Waals surface area contributed by atoms with Gasteiger partial charge >= 0.3 is 0 Å². The zero-order valence-electron chi connectivity index (χ0n) is 10.1. The topological polar surface area (TPSA) is 67.2 Å². The van der Waals surface area contributed by atoms with Crippen LogP contribution < -0.4 is 5.48 Å². The van der Waals surface area contributed by atoms with Crippen LogP contribution in [0.1, 0.15) is 10.4 Å². The molecule has 3 rings (SSSR count). The molecule has 0 radical (unpaired) electrons. The number of carbonyl (C=O) groups excluding carboxylic acids is 1. The maximum atomic E-state index is 11.4. The van der Waals surface area contributed by atoms with E-state index in [1.807, 2.05) is 31.6 Å². The van der Waals surface area contributed by atoms with Crippen molar-refractivity contribution in [1.82, 2.24) is 15.3 Å². The van der Waals surface area contributed by atoms with Crippen molar-refractivity contribution in [2.75, 3.05) is 0 Å². The van der Waals surface area contributed by atoms with Gasteiger partial charge < -0.3 is 0 Å². The Morgan fingerprint density at radius 1 is 1.42 bits per heavy atom. The summed E-state index contributed by atoms with van der Waals surface area (Å²) in [6.45, 7) is 0. The number of hydrogen-bond acceptors (Lipinski definition) is 4. The highest BCUT2D eigenvalue weighted by Crippen LogP contribution is 2.33. The fraction of sp³-hybridized carbons (Fsp3) is 0.0769. The largest absolute Gasteiger partial charge is 0.288 e. The SMILES string of the molecule is Cn1cc(-c2cc3cc(C(=O)NO)ccc3s2)cn1. The number of nitrogens with one attached hydrogen (secondary N) is 1. The second-order valence-corrected chi connectivity index (χ2v) is 5.29. The number of benzene rings is 1. The second-order valence-electron chi connectivity index (χ2n) is 4.21. The number of amides is 1. The minimum atomic E-state index is -0.504. The van der Waals surface area contributed by atoms with E-state index in [0.717, 1.165) is 20.5 Å². The molecule has 19 heavy (non-hydrogen) atoms. The van der Waals surface area contributed by atoms with E-state index in [1.165, 1.54) is 0 Å². The molecule has 0 aliphatic rings. The summed E-state index contributed by atoms with van der Waals surface area (Å²) < 4.78 is 2.85. The summed E-state index contributed by atoms with van der Waals surface area (Å²) in [5.41, 5.74) is 3.13. The average Bonchev–Trinajstić information content (AvgIpc) is 3.02. The predicted molar refractivity (Wildman–Crippen MR) is 73.3 cm³/mol. The van der Waals surface area contributed by atoms with E-state index in [1.54, 1.807) is 33.6 Å². The molecule has 6 heteroatoms. The van der Waals surface area contributed by atoms with Gasteiger partial charge in [-0.2, -0.15) is 5.10 Å². The maximum absolute atomic E-state index is 11.4. The normalized spacial score (nSPS) is 10.8. The summed E-state index contributed by atoms with van der Waals surface area (Å²) in [5.74, 6) is -0.504. The number of hydroxylamine groups is 1. The lowest BCUT2D eigenvalue weighted by Crippen LogP contribution is -2.18. The molecule has 0 spiro atoms. The Balaban J connectivity index is 2.08. The highest BCUT2D eigenvalue weighted by Gasteiger charge is 2.09. The number of carbonyl (C=O) groups is 1. The summed E-state index contributed by atoms with van der Waals surface area (Å²) in [5, 5.41) is 13.8. The van der Waals surface area contributed by atoms with Crippen molar-refractivity contribution in [3.05, 3.63) is 42.2 Å². The Labute approximate surface area is 113 Å². The lowest BCUT2D eigenvalue weighted by Gasteiger charge is -1.97. The molecule has 0 aliphatic heterocycles. The predicted octanol–water partition coefficient (Wildman–Crippen LogP) is 2.42. The molecule has 1 aromatic carbocycles. The number of rotatable bonds is 2. The van der Waals surface area contributed by atoms with Gasteiger partial charge in [0.25, 0.3) is 5.91 Å². The first kappa shape index (κ1) is 11.9. The standard InChI is InChI=1S/C13H11N3O2S/c1-16-7-10(6-14-16)12-5-9-4-8(13(17)15-18)2-3-11(9)19-12/h2-7,18H,1H3,(H,15,17). The quantitative estimate of drug-likeness (QED) is 0.556. The van der Waals surface area contributed by atoms with Gasteiger partial charge in [0.2, 0.25) is 0 Å². The third-order valence-electron chi connectivity index (χ3n) is 2.87. The second kappa shape index (κ2) is 4.49. The van der Waals surface area contributed by atoms with Crippen molar-refractivity contribution in [3.63, 3.8) is 0 Å². The van der Waals surface area contributed by atoms with Crippen LogP contribution in [0.2, 0.25) is 0 Å².